The number of rotatable bonds is 7. The first-order valence-corrected chi connectivity index (χ1v) is 21.2. The molecule has 0 N–H and O–H groups in total. The minimum atomic E-state index is 0.910. The highest BCUT2D eigenvalue weighted by molar-refractivity contribution is 6.14. The summed E-state index contributed by atoms with van der Waals surface area (Å²) in [6.07, 6.45) is 0. The van der Waals surface area contributed by atoms with E-state index in [9.17, 15) is 0 Å². The molecule has 1 aromatic heterocycles. The number of hydrogen-bond donors (Lipinski definition) is 0. The Morgan fingerprint density at radius 1 is 0.258 bits per heavy atom. The number of fused-ring (bicyclic) bond motifs is 7. The van der Waals surface area contributed by atoms with E-state index in [1.807, 2.05) is 12.1 Å². The molecule has 2 nitrogen and oxygen atoms in total. The molecule has 0 aliphatic heterocycles. The van der Waals surface area contributed by atoms with Crippen LogP contribution in [-0.4, -0.2) is 0 Å². The van der Waals surface area contributed by atoms with Crippen molar-refractivity contribution in [1.82, 2.24) is 0 Å². The number of anilines is 3. The van der Waals surface area contributed by atoms with E-state index in [0.29, 0.717) is 0 Å². The van der Waals surface area contributed by atoms with Gasteiger partial charge in [-0.1, -0.05) is 176 Å². The van der Waals surface area contributed by atoms with Crippen LogP contribution in [0.15, 0.2) is 241 Å². The van der Waals surface area contributed by atoms with Crippen LogP contribution in [0.1, 0.15) is 0 Å². The zero-order chi connectivity index (χ0) is 41.0. The van der Waals surface area contributed by atoms with Gasteiger partial charge in [0.1, 0.15) is 11.2 Å². The molecule has 0 bridgehead atoms. The lowest BCUT2D eigenvalue weighted by Crippen LogP contribution is -2.10. The zero-order valence-corrected chi connectivity index (χ0v) is 33.9. The molecule has 0 atom stereocenters. The number of nitrogens with zero attached hydrogens (tertiary/aromatic N) is 1. The van der Waals surface area contributed by atoms with Crippen molar-refractivity contribution in [2.45, 2.75) is 0 Å². The quantitative estimate of drug-likeness (QED) is 0.150. The summed E-state index contributed by atoms with van der Waals surface area (Å²) in [6, 6.07) is 85.6. The number of para-hydroxylation sites is 1. The molecule has 0 radical (unpaired) electrons. The minimum Gasteiger partial charge on any atom is -0.456 e. The maximum absolute atomic E-state index is 6.20. The molecule has 12 aromatic rings. The van der Waals surface area contributed by atoms with E-state index in [1.165, 1.54) is 60.1 Å². The van der Waals surface area contributed by atoms with Crippen LogP contribution in [0.5, 0.6) is 0 Å². The van der Waals surface area contributed by atoms with Crippen LogP contribution in [-0.2, 0) is 0 Å². The third-order valence-electron chi connectivity index (χ3n) is 12.4. The molecule has 0 spiro atoms. The molecule has 12 rings (SSSR count). The van der Waals surface area contributed by atoms with Gasteiger partial charge in [0.15, 0.2) is 0 Å². The molecular formula is C60H39NO. The van der Waals surface area contributed by atoms with E-state index in [1.54, 1.807) is 0 Å². The van der Waals surface area contributed by atoms with Crippen LogP contribution < -0.4 is 4.90 Å². The molecule has 0 fully saturated rings. The van der Waals surface area contributed by atoms with Crippen LogP contribution in [0.25, 0.3) is 98.8 Å². The summed E-state index contributed by atoms with van der Waals surface area (Å²) in [7, 11) is 0. The standard InChI is InChI=1S/C60H39NO/c1-2-12-40(13-3-1)48-36-46-14-4-7-17-52(46)57(37-48)44-28-33-50(34-29-44)61(58-38-47-15-5-6-16-51(47)53-18-8-9-19-54(53)58)49-31-26-42(27-32-49)41-22-24-43(25-23-41)45-30-35-56-55-20-10-11-21-59(55)62-60(56)39-45/h1-39H. The average Bonchev–Trinajstić information content (AvgIpc) is 3.73. The van der Waals surface area contributed by atoms with Crippen LogP contribution in [0.2, 0.25) is 0 Å². The van der Waals surface area contributed by atoms with E-state index in [-0.39, 0.29) is 0 Å². The Hall–Kier alpha value is -8.20. The summed E-state index contributed by atoms with van der Waals surface area (Å²) in [5.74, 6) is 0. The van der Waals surface area contributed by atoms with Gasteiger partial charge in [-0.15, -0.1) is 0 Å². The minimum absolute atomic E-state index is 0.910. The van der Waals surface area contributed by atoms with E-state index >= 15 is 0 Å². The normalized spacial score (nSPS) is 11.5. The summed E-state index contributed by atoms with van der Waals surface area (Å²) >= 11 is 0. The molecule has 0 unspecified atom stereocenters. The Bertz CT molecular complexity index is 3600. The molecular weight excluding hydrogens is 751 g/mol. The Labute approximate surface area is 360 Å². The van der Waals surface area contributed by atoms with Gasteiger partial charge in [0.05, 0.1) is 5.69 Å². The van der Waals surface area contributed by atoms with Crippen molar-refractivity contribution in [3.63, 3.8) is 0 Å². The van der Waals surface area contributed by atoms with Crippen LogP contribution in [0, 0.1) is 0 Å². The highest BCUT2D eigenvalue weighted by Gasteiger charge is 2.19. The first-order valence-electron chi connectivity index (χ1n) is 21.2. The second kappa shape index (κ2) is 14.8. The molecule has 0 saturated heterocycles. The maximum atomic E-state index is 6.20. The second-order valence-corrected chi connectivity index (χ2v) is 16.1. The Balaban J connectivity index is 0.935. The van der Waals surface area contributed by atoms with Crippen LogP contribution >= 0.6 is 0 Å². The highest BCUT2D eigenvalue weighted by Crippen LogP contribution is 2.44. The second-order valence-electron chi connectivity index (χ2n) is 16.1. The van der Waals surface area contributed by atoms with Gasteiger partial charge in [-0.3, -0.25) is 0 Å². The number of hydrogen-bond acceptors (Lipinski definition) is 2. The van der Waals surface area contributed by atoms with Gasteiger partial charge in [-0.2, -0.15) is 0 Å². The monoisotopic (exact) mass is 789 g/mol. The summed E-state index contributed by atoms with van der Waals surface area (Å²) < 4.78 is 6.20. The summed E-state index contributed by atoms with van der Waals surface area (Å²) in [5, 5.41) is 9.68. The smallest absolute Gasteiger partial charge is 0.136 e. The third kappa shape index (κ3) is 6.20. The predicted octanol–water partition coefficient (Wildman–Crippen LogP) is 17.2. The third-order valence-corrected chi connectivity index (χ3v) is 12.4. The highest BCUT2D eigenvalue weighted by atomic mass is 16.3. The van der Waals surface area contributed by atoms with Gasteiger partial charge < -0.3 is 9.32 Å². The number of furan rings is 1. The largest absolute Gasteiger partial charge is 0.456 e. The fourth-order valence-electron chi connectivity index (χ4n) is 9.35. The van der Waals surface area contributed by atoms with Crippen molar-refractivity contribution in [2.24, 2.45) is 0 Å². The summed E-state index contributed by atoms with van der Waals surface area (Å²) in [6.45, 7) is 0. The lowest BCUT2D eigenvalue weighted by molar-refractivity contribution is 0.669. The Morgan fingerprint density at radius 2 is 0.742 bits per heavy atom. The van der Waals surface area contributed by atoms with E-state index in [4.69, 9.17) is 4.42 Å². The van der Waals surface area contributed by atoms with E-state index in [0.717, 1.165) is 55.7 Å². The van der Waals surface area contributed by atoms with Crippen molar-refractivity contribution in [2.75, 3.05) is 4.90 Å². The van der Waals surface area contributed by atoms with Gasteiger partial charge in [0.2, 0.25) is 0 Å². The predicted molar refractivity (Wildman–Crippen MR) is 263 cm³/mol. The molecule has 62 heavy (non-hydrogen) atoms. The average molecular weight is 790 g/mol. The van der Waals surface area contributed by atoms with Crippen molar-refractivity contribution in [1.29, 1.82) is 0 Å². The SMILES string of the molecule is c1ccc(-c2cc(-c3ccc(N(c4ccc(-c5ccc(-c6ccc7c(c6)oc6ccccc67)cc5)cc4)c4cc5ccccc5c5ccccc45)cc3)c3ccccc3c2)cc1. The molecule has 2 heteroatoms. The molecule has 0 amide bonds. The molecule has 1 heterocycles. The van der Waals surface area contributed by atoms with Crippen molar-refractivity contribution >= 4 is 71.3 Å². The van der Waals surface area contributed by atoms with Gasteiger partial charge >= 0.3 is 0 Å². The fraction of sp³-hybridized carbons (Fsp3) is 0. The Kier molecular flexibility index (Phi) is 8.53. The molecule has 11 aromatic carbocycles. The Morgan fingerprint density at radius 3 is 1.45 bits per heavy atom. The topological polar surface area (TPSA) is 16.4 Å². The van der Waals surface area contributed by atoms with E-state index in [2.05, 4.69) is 229 Å². The molecule has 0 aliphatic carbocycles. The van der Waals surface area contributed by atoms with Gasteiger partial charge in [0, 0.05) is 27.5 Å². The number of benzene rings is 11. The summed E-state index contributed by atoms with van der Waals surface area (Å²) in [4.78, 5) is 2.41. The van der Waals surface area contributed by atoms with E-state index < -0.39 is 0 Å². The molecule has 0 aliphatic rings. The molecule has 0 saturated carbocycles. The molecule has 290 valence electrons. The first kappa shape index (κ1) is 35.7. The lowest BCUT2D eigenvalue weighted by Gasteiger charge is -2.28. The van der Waals surface area contributed by atoms with Crippen LogP contribution in [0.3, 0.4) is 0 Å². The zero-order valence-electron chi connectivity index (χ0n) is 33.9. The van der Waals surface area contributed by atoms with Crippen molar-refractivity contribution in [3.8, 4) is 44.5 Å². The first-order chi connectivity index (χ1) is 30.7. The maximum Gasteiger partial charge on any atom is 0.136 e. The van der Waals surface area contributed by atoms with Gasteiger partial charge in [-0.05, 0) is 132 Å². The fourth-order valence-corrected chi connectivity index (χ4v) is 9.35. The summed E-state index contributed by atoms with van der Waals surface area (Å²) in [5.41, 5.74) is 14.6. The van der Waals surface area contributed by atoms with Gasteiger partial charge in [0.25, 0.3) is 0 Å². The van der Waals surface area contributed by atoms with Crippen molar-refractivity contribution < 1.29 is 4.42 Å². The van der Waals surface area contributed by atoms with Crippen molar-refractivity contribution in [3.05, 3.63) is 237 Å². The van der Waals surface area contributed by atoms with Crippen LogP contribution in [0.4, 0.5) is 17.1 Å². The van der Waals surface area contributed by atoms with Gasteiger partial charge in [-0.25, -0.2) is 0 Å². The lowest BCUT2D eigenvalue weighted by atomic mass is 9.93.